The van der Waals surface area contributed by atoms with Gasteiger partial charge < -0.3 is 20.5 Å². The molecule has 7 nitrogen and oxygen atoms in total. The molecule has 0 bridgehead atoms. The van der Waals surface area contributed by atoms with E-state index in [2.05, 4.69) is 15.6 Å². The number of aromatic nitrogens is 1. The number of carbonyl (C=O) groups is 2. The summed E-state index contributed by atoms with van der Waals surface area (Å²) >= 11 is 0. The van der Waals surface area contributed by atoms with Crippen molar-refractivity contribution in [1.29, 1.82) is 0 Å². The van der Waals surface area contributed by atoms with Gasteiger partial charge in [0.05, 0.1) is 12.2 Å². The molecule has 0 aromatic carbocycles. The monoisotopic (exact) mass is 267 g/mol. The number of nitrogens with one attached hydrogen (secondary N) is 2. The number of carbonyl (C=O) groups excluding carboxylic acids is 1. The van der Waals surface area contributed by atoms with Gasteiger partial charge in [-0.1, -0.05) is 0 Å². The SMILES string of the molecule is COCCNC(=O)c1ccc(NC(C)C(=O)O)nc1. The van der Waals surface area contributed by atoms with Gasteiger partial charge >= 0.3 is 5.97 Å². The fraction of sp³-hybridized carbons (Fsp3) is 0.417. The van der Waals surface area contributed by atoms with Gasteiger partial charge in [-0.3, -0.25) is 9.59 Å². The largest absolute Gasteiger partial charge is 0.480 e. The third-order valence-corrected chi connectivity index (χ3v) is 2.35. The lowest BCUT2D eigenvalue weighted by atomic mass is 10.2. The molecule has 104 valence electrons. The zero-order valence-electron chi connectivity index (χ0n) is 10.8. The number of hydrogen-bond acceptors (Lipinski definition) is 5. The Morgan fingerprint density at radius 1 is 1.47 bits per heavy atom. The molecule has 0 aliphatic rings. The highest BCUT2D eigenvalue weighted by atomic mass is 16.5. The number of ether oxygens (including phenoxy) is 1. The molecule has 1 unspecified atom stereocenters. The lowest BCUT2D eigenvalue weighted by Gasteiger charge is -2.10. The molecule has 7 heteroatoms. The van der Waals surface area contributed by atoms with Crippen LogP contribution in [0.25, 0.3) is 0 Å². The fourth-order valence-electron chi connectivity index (χ4n) is 1.27. The topological polar surface area (TPSA) is 101 Å². The Labute approximate surface area is 111 Å². The fourth-order valence-corrected chi connectivity index (χ4v) is 1.27. The van der Waals surface area contributed by atoms with Crippen LogP contribution in [-0.2, 0) is 9.53 Å². The van der Waals surface area contributed by atoms with Gasteiger partial charge in [0.2, 0.25) is 0 Å². The highest BCUT2D eigenvalue weighted by molar-refractivity contribution is 5.94. The van der Waals surface area contributed by atoms with Crippen molar-refractivity contribution in [2.24, 2.45) is 0 Å². The maximum Gasteiger partial charge on any atom is 0.325 e. The van der Waals surface area contributed by atoms with Crippen LogP contribution in [0.2, 0.25) is 0 Å². The summed E-state index contributed by atoms with van der Waals surface area (Å²) in [6.45, 7) is 2.37. The van der Waals surface area contributed by atoms with Crippen LogP contribution >= 0.6 is 0 Å². The third kappa shape index (κ3) is 4.92. The molecule has 0 fully saturated rings. The summed E-state index contributed by atoms with van der Waals surface area (Å²) in [7, 11) is 1.55. The minimum atomic E-state index is -0.969. The number of methoxy groups -OCH3 is 1. The summed E-state index contributed by atoms with van der Waals surface area (Å²) in [5.74, 6) is -0.811. The van der Waals surface area contributed by atoms with E-state index in [0.29, 0.717) is 24.5 Å². The van der Waals surface area contributed by atoms with Gasteiger partial charge in [-0.05, 0) is 19.1 Å². The number of amides is 1. The van der Waals surface area contributed by atoms with Crippen LogP contribution in [0.1, 0.15) is 17.3 Å². The van der Waals surface area contributed by atoms with Crippen LogP contribution in [-0.4, -0.2) is 48.3 Å². The number of hydrogen-bond donors (Lipinski definition) is 3. The van der Waals surface area contributed by atoms with E-state index in [4.69, 9.17) is 9.84 Å². The summed E-state index contributed by atoms with van der Waals surface area (Å²) in [4.78, 5) is 26.3. The molecule has 1 amide bonds. The van der Waals surface area contributed by atoms with Gasteiger partial charge in [-0.25, -0.2) is 4.98 Å². The molecule has 0 saturated carbocycles. The maximum absolute atomic E-state index is 11.6. The van der Waals surface area contributed by atoms with E-state index < -0.39 is 12.0 Å². The Hall–Kier alpha value is -2.15. The Morgan fingerprint density at radius 2 is 2.21 bits per heavy atom. The molecule has 0 spiro atoms. The van der Waals surface area contributed by atoms with Crippen LogP contribution in [0.5, 0.6) is 0 Å². The highest BCUT2D eigenvalue weighted by Gasteiger charge is 2.11. The zero-order valence-corrected chi connectivity index (χ0v) is 10.8. The average Bonchev–Trinajstić information content (AvgIpc) is 2.39. The zero-order chi connectivity index (χ0) is 14.3. The van der Waals surface area contributed by atoms with Crippen LogP contribution in [0.4, 0.5) is 5.82 Å². The smallest absolute Gasteiger partial charge is 0.325 e. The molecule has 1 rings (SSSR count). The molecular weight excluding hydrogens is 250 g/mol. The van der Waals surface area contributed by atoms with Gasteiger partial charge in [-0.15, -0.1) is 0 Å². The minimum absolute atomic E-state index is 0.248. The molecule has 1 aromatic heterocycles. The van der Waals surface area contributed by atoms with Gasteiger partial charge in [0.15, 0.2) is 0 Å². The Kier molecular flexibility index (Phi) is 5.74. The molecule has 3 N–H and O–H groups in total. The molecule has 0 radical (unpaired) electrons. The number of rotatable bonds is 7. The number of carboxylic acid groups (broad SMARTS) is 1. The quantitative estimate of drug-likeness (QED) is 0.616. The lowest BCUT2D eigenvalue weighted by Crippen LogP contribution is -2.27. The van der Waals surface area contributed by atoms with Crippen molar-refractivity contribution in [3.05, 3.63) is 23.9 Å². The number of nitrogens with zero attached hydrogens (tertiary/aromatic N) is 1. The van der Waals surface area contributed by atoms with E-state index in [1.54, 1.807) is 19.2 Å². The van der Waals surface area contributed by atoms with E-state index in [1.807, 2.05) is 0 Å². The number of pyridine rings is 1. The van der Waals surface area contributed by atoms with E-state index in [1.165, 1.54) is 13.1 Å². The number of aliphatic carboxylic acids is 1. The summed E-state index contributed by atoms with van der Waals surface area (Å²) in [6, 6.07) is 2.39. The second-order valence-electron chi connectivity index (χ2n) is 3.89. The molecule has 19 heavy (non-hydrogen) atoms. The maximum atomic E-state index is 11.6. The van der Waals surface area contributed by atoms with Crippen molar-refractivity contribution in [2.45, 2.75) is 13.0 Å². The predicted octanol–water partition coefficient (Wildman–Crippen LogP) is 0.343. The van der Waals surface area contributed by atoms with E-state index in [-0.39, 0.29) is 5.91 Å². The second kappa shape index (κ2) is 7.32. The second-order valence-corrected chi connectivity index (χ2v) is 3.89. The Morgan fingerprint density at radius 3 is 2.74 bits per heavy atom. The van der Waals surface area contributed by atoms with Crippen molar-refractivity contribution in [3.63, 3.8) is 0 Å². The third-order valence-electron chi connectivity index (χ3n) is 2.35. The number of anilines is 1. The van der Waals surface area contributed by atoms with Crippen molar-refractivity contribution in [3.8, 4) is 0 Å². The Bertz CT molecular complexity index is 433. The Balaban J connectivity index is 2.56. The van der Waals surface area contributed by atoms with Gasteiger partial charge in [0.1, 0.15) is 11.9 Å². The number of carboxylic acids is 1. The highest BCUT2D eigenvalue weighted by Crippen LogP contribution is 2.06. The van der Waals surface area contributed by atoms with Gasteiger partial charge in [0, 0.05) is 19.9 Å². The first-order chi connectivity index (χ1) is 9.04. The van der Waals surface area contributed by atoms with Crippen molar-refractivity contribution in [2.75, 3.05) is 25.6 Å². The first kappa shape index (κ1) is 14.9. The summed E-state index contributed by atoms with van der Waals surface area (Å²) in [6.07, 6.45) is 1.39. The molecule has 1 atom stereocenters. The van der Waals surface area contributed by atoms with Crippen LogP contribution in [0.3, 0.4) is 0 Å². The molecule has 0 saturated heterocycles. The normalized spacial score (nSPS) is 11.7. The first-order valence-electron chi connectivity index (χ1n) is 5.77. The van der Waals surface area contributed by atoms with E-state index in [9.17, 15) is 9.59 Å². The lowest BCUT2D eigenvalue weighted by molar-refractivity contribution is -0.137. The summed E-state index contributed by atoms with van der Waals surface area (Å²) in [5, 5.41) is 14.1. The standard InChI is InChI=1S/C12H17N3O4/c1-8(12(17)18)15-10-4-3-9(7-14-10)11(16)13-5-6-19-2/h3-4,7-8H,5-6H2,1-2H3,(H,13,16)(H,14,15)(H,17,18). The van der Waals surface area contributed by atoms with Gasteiger partial charge in [-0.2, -0.15) is 0 Å². The summed E-state index contributed by atoms with van der Waals surface area (Å²) < 4.78 is 4.82. The molecule has 1 heterocycles. The minimum Gasteiger partial charge on any atom is -0.480 e. The molecule has 1 aromatic rings. The molecular formula is C12H17N3O4. The van der Waals surface area contributed by atoms with E-state index in [0.717, 1.165) is 0 Å². The van der Waals surface area contributed by atoms with Gasteiger partial charge in [0.25, 0.3) is 5.91 Å². The van der Waals surface area contributed by atoms with Crippen molar-refractivity contribution < 1.29 is 19.4 Å². The molecule has 0 aliphatic carbocycles. The average molecular weight is 267 g/mol. The van der Waals surface area contributed by atoms with Crippen molar-refractivity contribution in [1.82, 2.24) is 10.3 Å². The first-order valence-corrected chi connectivity index (χ1v) is 5.77. The predicted molar refractivity (Wildman–Crippen MR) is 69.2 cm³/mol. The van der Waals surface area contributed by atoms with Crippen LogP contribution in [0.15, 0.2) is 18.3 Å². The summed E-state index contributed by atoms with van der Waals surface area (Å²) in [5.41, 5.74) is 0.407. The van der Waals surface area contributed by atoms with Crippen LogP contribution < -0.4 is 10.6 Å². The van der Waals surface area contributed by atoms with E-state index >= 15 is 0 Å². The van der Waals surface area contributed by atoms with Crippen molar-refractivity contribution >= 4 is 17.7 Å². The van der Waals surface area contributed by atoms with Crippen LogP contribution in [0, 0.1) is 0 Å². The molecule has 0 aliphatic heterocycles.